The summed E-state index contributed by atoms with van der Waals surface area (Å²) in [7, 11) is 0. The van der Waals surface area contributed by atoms with Gasteiger partial charge in [-0.25, -0.2) is 0 Å². The van der Waals surface area contributed by atoms with E-state index in [1.165, 1.54) is 0 Å². The van der Waals surface area contributed by atoms with Gasteiger partial charge in [0.1, 0.15) is 0 Å². The second-order valence-corrected chi connectivity index (χ2v) is 4.09. The number of hydrogen-bond acceptors (Lipinski definition) is 1. The zero-order valence-corrected chi connectivity index (χ0v) is 9.87. The molecule has 1 amide bonds. The van der Waals surface area contributed by atoms with Crippen molar-refractivity contribution in [2.24, 2.45) is 5.73 Å². The number of rotatable bonds is 1. The van der Waals surface area contributed by atoms with Crippen LogP contribution in [0.25, 0.3) is 0 Å². The number of carbonyl (C=O) groups is 1. The van der Waals surface area contributed by atoms with Crippen molar-refractivity contribution in [1.82, 2.24) is 0 Å². The van der Waals surface area contributed by atoms with E-state index in [0.717, 1.165) is 0 Å². The molecule has 2 nitrogen and oxygen atoms in total. The van der Waals surface area contributed by atoms with Crippen LogP contribution in [0.5, 0.6) is 0 Å². The minimum absolute atomic E-state index is 0.0793. The van der Waals surface area contributed by atoms with Crippen LogP contribution in [0.1, 0.15) is 21.5 Å². The summed E-state index contributed by atoms with van der Waals surface area (Å²) in [6.45, 7) is 0. The molecule has 9 heteroatoms. The van der Waals surface area contributed by atoms with Crippen LogP contribution in [-0.2, 0) is 12.4 Å². The lowest BCUT2D eigenvalue weighted by Crippen LogP contribution is -2.20. The normalized spacial score (nSPS) is 12.6. The second-order valence-electron chi connectivity index (χ2n) is 3.24. The Morgan fingerprint density at radius 1 is 1.06 bits per heavy atom. The molecule has 0 aliphatic heterocycles. The van der Waals surface area contributed by atoms with Crippen LogP contribution in [-0.4, -0.2) is 5.91 Å². The first-order valence-electron chi connectivity index (χ1n) is 4.22. The van der Waals surface area contributed by atoms with Gasteiger partial charge in [-0.05, 0) is 12.1 Å². The summed E-state index contributed by atoms with van der Waals surface area (Å²) < 4.78 is 74.3. The largest absolute Gasteiger partial charge is 0.418 e. The summed E-state index contributed by atoms with van der Waals surface area (Å²) in [6.07, 6.45) is -10.5. The molecule has 1 aromatic carbocycles. The third-order valence-corrected chi connectivity index (χ3v) is 2.59. The number of carbonyl (C=O) groups excluding carboxylic acids is 1. The molecule has 0 saturated carbocycles. The van der Waals surface area contributed by atoms with E-state index in [0.29, 0.717) is 6.07 Å². The lowest BCUT2D eigenvalue weighted by atomic mass is 10.0. The summed E-state index contributed by atoms with van der Waals surface area (Å²) in [4.78, 5) is 10.7. The first-order valence-corrected chi connectivity index (χ1v) is 5.01. The van der Waals surface area contributed by atoms with E-state index in [9.17, 15) is 31.1 Å². The maximum atomic E-state index is 12.5. The van der Waals surface area contributed by atoms with E-state index in [-0.39, 0.29) is 6.07 Å². The Bertz CT molecular complexity index is 493. The summed E-state index contributed by atoms with van der Waals surface area (Å²) in [5, 5.41) is 0. The Balaban J connectivity index is 3.67. The Morgan fingerprint density at radius 2 is 1.56 bits per heavy atom. The van der Waals surface area contributed by atoms with Gasteiger partial charge in [-0.15, -0.1) is 0 Å². The van der Waals surface area contributed by atoms with Gasteiger partial charge in [0.25, 0.3) is 0 Å². The third kappa shape index (κ3) is 2.95. The molecule has 1 rings (SSSR count). The lowest BCUT2D eigenvalue weighted by molar-refractivity contribution is -0.162. The zero-order valence-electron chi connectivity index (χ0n) is 8.29. The summed E-state index contributed by atoms with van der Waals surface area (Å²) in [5.41, 5.74) is 0.232. The average Bonchev–Trinajstić information content (AvgIpc) is 2.12. The summed E-state index contributed by atoms with van der Waals surface area (Å²) >= 11 is 2.37. The number of alkyl halides is 6. The van der Waals surface area contributed by atoms with Gasteiger partial charge in [0, 0.05) is 10.0 Å². The fourth-order valence-electron chi connectivity index (χ4n) is 1.26. The van der Waals surface area contributed by atoms with Crippen LogP contribution in [0, 0.1) is 0 Å². The van der Waals surface area contributed by atoms with E-state index < -0.39 is 39.4 Å². The predicted molar refractivity (Wildman–Crippen MR) is 52.7 cm³/mol. The van der Waals surface area contributed by atoms with Gasteiger partial charge in [0.2, 0.25) is 5.91 Å². The standard InChI is InChI=1S/C9H4BrF6NO/c10-5-2-3(7(17)18)1-4(8(11,12)13)6(5)9(14,15)16/h1-2H,(H2,17,18). The maximum Gasteiger partial charge on any atom is 0.418 e. The molecule has 0 aliphatic rings. The molecular formula is C9H4BrF6NO. The van der Waals surface area contributed by atoms with Gasteiger partial charge in [-0.3, -0.25) is 4.79 Å². The van der Waals surface area contributed by atoms with E-state index >= 15 is 0 Å². The van der Waals surface area contributed by atoms with Crippen molar-refractivity contribution in [1.29, 1.82) is 0 Å². The van der Waals surface area contributed by atoms with Crippen LogP contribution in [0.2, 0.25) is 0 Å². The lowest BCUT2D eigenvalue weighted by Gasteiger charge is -2.17. The molecule has 0 unspecified atom stereocenters. The molecule has 0 bridgehead atoms. The first kappa shape index (κ1) is 14.8. The highest BCUT2D eigenvalue weighted by Crippen LogP contribution is 2.44. The molecular weight excluding hydrogens is 332 g/mol. The number of primary amides is 1. The fraction of sp³-hybridized carbons (Fsp3) is 0.222. The van der Waals surface area contributed by atoms with Crippen LogP contribution in [0.3, 0.4) is 0 Å². The molecule has 0 aliphatic carbocycles. The van der Waals surface area contributed by atoms with Gasteiger partial charge in [-0.2, -0.15) is 26.3 Å². The van der Waals surface area contributed by atoms with E-state index in [1.54, 1.807) is 0 Å². The highest BCUT2D eigenvalue weighted by molar-refractivity contribution is 9.10. The third-order valence-electron chi connectivity index (χ3n) is 1.96. The monoisotopic (exact) mass is 335 g/mol. The van der Waals surface area contributed by atoms with Gasteiger partial charge in [0.05, 0.1) is 11.1 Å². The number of nitrogens with two attached hydrogens (primary N) is 1. The van der Waals surface area contributed by atoms with Crippen molar-refractivity contribution in [3.8, 4) is 0 Å². The SMILES string of the molecule is NC(=O)c1cc(Br)c(C(F)(F)F)c(C(F)(F)F)c1. The molecule has 18 heavy (non-hydrogen) atoms. The Hall–Kier alpha value is -1.25. The highest BCUT2D eigenvalue weighted by atomic mass is 79.9. The average molecular weight is 336 g/mol. The smallest absolute Gasteiger partial charge is 0.366 e. The molecule has 0 atom stereocenters. The number of amides is 1. The zero-order chi connectivity index (χ0) is 14.3. The summed E-state index contributed by atoms with van der Waals surface area (Å²) in [6, 6.07) is 0.677. The Morgan fingerprint density at radius 3 is 1.89 bits per heavy atom. The van der Waals surface area contributed by atoms with Gasteiger partial charge < -0.3 is 5.73 Å². The summed E-state index contributed by atoms with van der Waals surface area (Å²) in [5.74, 6) is -1.25. The van der Waals surface area contributed by atoms with Crippen molar-refractivity contribution in [3.05, 3.63) is 33.3 Å². The van der Waals surface area contributed by atoms with Gasteiger partial charge in [-0.1, -0.05) is 15.9 Å². The quantitative estimate of drug-likeness (QED) is 0.783. The molecule has 0 heterocycles. The van der Waals surface area contributed by atoms with Gasteiger partial charge in [0.15, 0.2) is 0 Å². The van der Waals surface area contributed by atoms with Crippen molar-refractivity contribution in [2.45, 2.75) is 12.4 Å². The van der Waals surface area contributed by atoms with Crippen LogP contribution in [0.15, 0.2) is 16.6 Å². The molecule has 0 fully saturated rings. The minimum Gasteiger partial charge on any atom is -0.366 e. The van der Waals surface area contributed by atoms with Crippen molar-refractivity contribution >= 4 is 21.8 Å². The van der Waals surface area contributed by atoms with E-state index in [1.807, 2.05) is 0 Å². The Kier molecular flexibility index (Phi) is 3.66. The van der Waals surface area contributed by atoms with Crippen LogP contribution in [0.4, 0.5) is 26.3 Å². The second kappa shape index (κ2) is 4.45. The Labute approximate surface area is 105 Å². The number of hydrogen-bond donors (Lipinski definition) is 1. The van der Waals surface area contributed by atoms with E-state index in [2.05, 4.69) is 15.9 Å². The maximum absolute atomic E-state index is 12.5. The topological polar surface area (TPSA) is 43.1 Å². The molecule has 0 spiro atoms. The molecule has 0 saturated heterocycles. The van der Waals surface area contributed by atoms with E-state index in [4.69, 9.17) is 5.73 Å². The minimum atomic E-state index is -5.25. The van der Waals surface area contributed by atoms with Crippen LogP contribution < -0.4 is 5.73 Å². The molecule has 1 aromatic rings. The molecule has 100 valence electrons. The molecule has 0 aromatic heterocycles. The predicted octanol–water partition coefficient (Wildman–Crippen LogP) is 3.59. The van der Waals surface area contributed by atoms with Gasteiger partial charge >= 0.3 is 12.4 Å². The fourth-order valence-corrected chi connectivity index (χ4v) is 1.95. The first-order chi connectivity index (χ1) is 7.94. The number of benzene rings is 1. The van der Waals surface area contributed by atoms with Crippen LogP contribution >= 0.6 is 15.9 Å². The van der Waals surface area contributed by atoms with Crippen molar-refractivity contribution in [3.63, 3.8) is 0 Å². The highest BCUT2D eigenvalue weighted by Gasteiger charge is 2.45. The molecule has 0 radical (unpaired) electrons. The molecule has 2 N–H and O–H groups in total. The van der Waals surface area contributed by atoms with Crippen molar-refractivity contribution < 1.29 is 31.1 Å². The van der Waals surface area contributed by atoms with Crippen molar-refractivity contribution in [2.75, 3.05) is 0 Å². The number of halogens is 7.